The molecule has 5 nitrogen and oxygen atoms in total. The second kappa shape index (κ2) is 9.42. The molecule has 2 aromatic carbocycles. The van der Waals surface area contributed by atoms with Crippen LogP contribution in [-0.4, -0.2) is 42.2 Å². The number of fused-ring (bicyclic) bond motifs is 2. The van der Waals surface area contributed by atoms with E-state index in [0.29, 0.717) is 19.3 Å². The van der Waals surface area contributed by atoms with Gasteiger partial charge in [-0.1, -0.05) is 36.3 Å². The lowest BCUT2D eigenvalue weighted by atomic mass is 9.83. The fraction of sp³-hybridized carbons (Fsp3) is 0.458. The number of aliphatic hydroxyl groups is 1. The van der Waals surface area contributed by atoms with Crippen LogP contribution in [0.15, 0.2) is 53.7 Å². The third kappa shape index (κ3) is 4.63. The Balaban J connectivity index is 1.70. The minimum absolute atomic E-state index is 0.143. The van der Waals surface area contributed by atoms with Gasteiger partial charge in [0.2, 0.25) is 0 Å². The van der Waals surface area contributed by atoms with Crippen LogP contribution >= 0.6 is 0 Å². The largest absolute Gasteiger partial charge is 0.399 e. The summed E-state index contributed by atoms with van der Waals surface area (Å²) in [5.41, 5.74) is 2.38. The summed E-state index contributed by atoms with van der Waals surface area (Å²) in [6.07, 6.45) is 0.757. The summed E-state index contributed by atoms with van der Waals surface area (Å²) in [4.78, 5) is 5.08. The first-order chi connectivity index (χ1) is 15.0. The normalized spacial score (nSPS) is 28.2. The minimum atomic E-state index is -0.510. The Morgan fingerprint density at radius 2 is 1.65 bits per heavy atom. The molecule has 0 amide bonds. The molecule has 0 radical (unpaired) electrons. The molecule has 4 rings (SSSR count). The molecule has 2 heterocycles. The van der Waals surface area contributed by atoms with E-state index in [9.17, 15) is 13.9 Å². The summed E-state index contributed by atoms with van der Waals surface area (Å²) in [7, 11) is 1.51. The molecular weight excluding hydrogens is 402 g/mol. The highest BCUT2D eigenvalue weighted by Gasteiger charge is 2.49. The fourth-order valence-electron chi connectivity index (χ4n) is 4.89. The molecule has 2 bridgehead atoms. The molecule has 2 aliphatic rings. The second-order valence-electron chi connectivity index (χ2n) is 8.23. The summed E-state index contributed by atoms with van der Waals surface area (Å²) in [5.74, 6) is -0.840. The van der Waals surface area contributed by atoms with Gasteiger partial charge in [0, 0.05) is 18.0 Å². The first-order valence-corrected chi connectivity index (χ1v) is 10.7. The van der Waals surface area contributed by atoms with Crippen LogP contribution in [0, 0.1) is 17.6 Å². The van der Waals surface area contributed by atoms with Crippen LogP contribution in [0.1, 0.15) is 43.4 Å². The lowest BCUT2D eigenvalue weighted by Crippen LogP contribution is -2.54. The van der Waals surface area contributed by atoms with Gasteiger partial charge in [0.1, 0.15) is 24.8 Å². The number of oxime groups is 1. The van der Waals surface area contributed by atoms with Crippen molar-refractivity contribution in [2.24, 2.45) is 11.1 Å². The SMILES string of the molecule is CCC(=NOC)[C@H]1[C@H](OC(c2ccc(F)cc2)c2ccc(F)cc2)CC2CC(O)[C@@H]1N2. The number of aliphatic hydroxyl groups excluding tert-OH is 1. The standard InChI is InChI=1S/C24H28F2N2O3/c1-3-19(28-30-2)22-21(13-18-12-20(29)23(22)27-18)31-24(14-4-8-16(25)9-5-14)15-6-10-17(26)11-7-15/h4-11,18,20-24,27,29H,3,12-13H2,1-2H3/t18?,20?,21-,22+,23+/m1/s1. The lowest BCUT2D eigenvalue weighted by Gasteiger charge is -2.40. The van der Waals surface area contributed by atoms with Crippen LogP contribution in [0.3, 0.4) is 0 Å². The molecule has 2 aromatic rings. The molecule has 2 fully saturated rings. The number of piperidine rings is 1. The van der Waals surface area contributed by atoms with Crippen LogP contribution in [0.5, 0.6) is 0 Å². The Hall–Kier alpha value is -2.35. The van der Waals surface area contributed by atoms with E-state index in [1.807, 2.05) is 6.92 Å². The molecule has 0 aromatic heterocycles. The van der Waals surface area contributed by atoms with Crippen molar-refractivity contribution in [3.05, 3.63) is 71.3 Å². The number of nitrogens with zero attached hydrogens (tertiary/aromatic N) is 1. The van der Waals surface area contributed by atoms with Gasteiger partial charge in [-0.25, -0.2) is 8.78 Å². The number of ether oxygens (including phenoxy) is 1. The molecule has 5 atom stereocenters. The highest BCUT2D eigenvalue weighted by atomic mass is 19.1. The van der Waals surface area contributed by atoms with Gasteiger partial charge >= 0.3 is 0 Å². The van der Waals surface area contributed by atoms with Gasteiger partial charge in [0.25, 0.3) is 0 Å². The average molecular weight is 430 g/mol. The molecule has 2 aliphatic heterocycles. The van der Waals surface area contributed by atoms with Gasteiger partial charge in [-0.05, 0) is 54.7 Å². The molecule has 7 heteroatoms. The van der Waals surface area contributed by atoms with Crippen molar-refractivity contribution in [2.75, 3.05) is 7.11 Å². The van der Waals surface area contributed by atoms with Crippen LogP contribution in [-0.2, 0) is 9.57 Å². The van der Waals surface area contributed by atoms with Gasteiger partial charge in [-0.2, -0.15) is 0 Å². The van der Waals surface area contributed by atoms with Gasteiger partial charge in [-0.15, -0.1) is 0 Å². The molecule has 2 unspecified atom stereocenters. The Morgan fingerprint density at radius 1 is 1.06 bits per heavy atom. The van der Waals surface area contributed by atoms with Gasteiger partial charge < -0.3 is 20.0 Å². The molecule has 31 heavy (non-hydrogen) atoms. The zero-order valence-electron chi connectivity index (χ0n) is 17.7. The van der Waals surface area contributed by atoms with Crippen LogP contribution < -0.4 is 5.32 Å². The summed E-state index contributed by atoms with van der Waals surface area (Å²) in [5, 5.41) is 18.4. The highest BCUT2D eigenvalue weighted by molar-refractivity contribution is 5.87. The van der Waals surface area contributed by atoms with Crippen molar-refractivity contribution in [3.63, 3.8) is 0 Å². The highest BCUT2D eigenvalue weighted by Crippen LogP contribution is 2.39. The average Bonchev–Trinajstić information content (AvgIpc) is 3.06. The molecule has 0 aliphatic carbocycles. The number of nitrogens with one attached hydrogen (secondary N) is 1. The van der Waals surface area contributed by atoms with Gasteiger partial charge in [-0.3, -0.25) is 0 Å². The monoisotopic (exact) mass is 430 g/mol. The summed E-state index contributed by atoms with van der Waals surface area (Å²) < 4.78 is 33.8. The van der Waals surface area contributed by atoms with E-state index in [0.717, 1.165) is 16.8 Å². The summed E-state index contributed by atoms with van der Waals surface area (Å²) in [6, 6.07) is 12.3. The third-order valence-electron chi connectivity index (χ3n) is 6.28. The van der Waals surface area contributed by atoms with E-state index >= 15 is 0 Å². The van der Waals surface area contributed by atoms with Crippen molar-refractivity contribution < 1.29 is 23.5 Å². The van der Waals surface area contributed by atoms with Crippen LogP contribution in [0.2, 0.25) is 0 Å². The number of benzene rings is 2. The predicted molar refractivity (Wildman–Crippen MR) is 114 cm³/mol. The van der Waals surface area contributed by atoms with E-state index in [4.69, 9.17) is 9.57 Å². The number of hydrogen-bond acceptors (Lipinski definition) is 5. The quantitative estimate of drug-likeness (QED) is 0.516. The van der Waals surface area contributed by atoms with Crippen LogP contribution in [0.25, 0.3) is 0 Å². The van der Waals surface area contributed by atoms with Gasteiger partial charge in [0.15, 0.2) is 0 Å². The second-order valence-corrected chi connectivity index (χ2v) is 8.23. The molecular formula is C24H28F2N2O3. The van der Waals surface area contributed by atoms with E-state index < -0.39 is 12.2 Å². The first-order valence-electron chi connectivity index (χ1n) is 10.7. The Bertz CT molecular complexity index is 859. The molecule has 0 spiro atoms. The zero-order chi connectivity index (χ0) is 22.0. The van der Waals surface area contributed by atoms with Crippen molar-refractivity contribution in [1.29, 1.82) is 0 Å². The smallest absolute Gasteiger partial charge is 0.123 e. The number of rotatable bonds is 7. The maximum absolute atomic E-state index is 13.6. The zero-order valence-corrected chi connectivity index (χ0v) is 17.7. The Kier molecular flexibility index (Phi) is 6.65. The van der Waals surface area contributed by atoms with Crippen molar-refractivity contribution >= 4 is 5.71 Å². The van der Waals surface area contributed by atoms with Crippen LogP contribution in [0.4, 0.5) is 8.78 Å². The number of halogens is 2. The molecule has 0 saturated carbocycles. The van der Waals surface area contributed by atoms with Crippen molar-refractivity contribution in [3.8, 4) is 0 Å². The summed E-state index contributed by atoms with van der Waals surface area (Å²) >= 11 is 0. The van der Waals surface area contributed by atoms with E-state index in [-0.39, 0.29) is 35.7 Å². The maximum atomic E-state index is 13.6. The van der Waals surface area contributed by atoms with E-state index in [1.165, 1.54) is 31.4 Å². The Morgan fingerprint density at radius 3 is 2.16 bits per heavy atom. The van der Waals surface area contributed by atoms with Gasteiger partial charge in [0.05, 0.1) is 17.9 Å². The number of hydrogen-bond donors (Lipinski definition) is 2. The molecule has 2 saturated heterocycles. The van der Waals surface area contributed by atoms with Crippen molar-refractivity contribution in [2.45, 2.75) is 56.6 Å². The predicted octanol–water partition coefficient (Wildman–Crippen LogP) is 3.96. The van der Waals surface area contributed by atoms with Crippen molar-refractivity contribution in [1.82, 2.24) is 5.32 Å². The molecule has 2 N–H and O–H groups in total. The Labute approximate surface area is 181 Å². The minimum Gasteiger partial charge on any atom is -0.399 e. The lowest BCUT2D eigenvalue weighted by molar-refractivity contribution is -0.0419. The van der Waals surface area contributed by atoms with E-state index in [1.54, 1.807) is 24.3 Å². The first kappa shape index (κ1) is 21.9. The summed E-state index contributed by atoms with van der Waals surface area (Å²) in [6.45, 7) is 2.00. The molecule has 166 valence electrons. The topological polar surface area (TPSA) is 63.1 Å². The fourth-order valence-corrected chi connectivity index (χ4v) is 4.89. The van der Waals surface area contributed by atoms with E-state index in [2.05, 4.69) is 10.5 Å². The maximum Gasteiger partial charge on any atom is 0.123 e. The third-order valence-corrected chi connectivity index (χ3v) is 6.28.